The molecule has 0 amide bonds. The van der Waals surface area contributed by atoms with Crippen molar-refractivity contribution in [1.29, 1.82) is 0 Å². The number of rotatable bonds is 1. The lowest BCUT2D eigenvalue weighted by molar-refractivity contribution is -0.0447. The monoisotopic (exact) mass is 229 g/mol. The summed E-state index contributed by atoms with van der Waals surface area (Å²) < 4.78 is 5.70. The van der Waals surface area contributed by atoms with E-state index in [2.05, 4.69) is 11.1 Å². The maximum absolute atomic E-state index is 9.66. The second kappa shape index (κ2) is 4.43. The highest BCUT2D eigenvalue weighted by molar-refractivity contribution is 5.79. The van der Waals surface area contributed by atoms with Crippen LogP contribution in [-0.4, -0.2) is 22.8 Å². The third kappa shape index (κ3) is 2.16. The van der Waals surface area contributed by atoms with E-state index in [1.54, 1.807) is 6.20 Å². The first-order valence-corrected chi connectivity index (χ1v) is 5.97. The first kappa shape index (κ1) is 10.7. The lowest BCUT2D eigenvalue weighted by Crippen LogP contribution is -2.23. The Bertz CT molecular complexity index is 526. The molecule has 2 atom stereocenters. The molecule has 1 N–H and O–H groups in total. The Kier molecular flexibility index (Phi) is 2.79. The summed E-state index contributed by atoms with van der Waals surface area (Å²) in [5, 5.41) is 10.8. The second-order valence-electron chi connectivity index (χ2n) is 4.49. The number of fused-ring (bicyclic) bond motifs is 1. The summed E-state index contributed by atoms with van der Waals surface area (Å²) in [5.74, 6) is 0. The number of benzene rings is 1. The molecular formula is C14H15NO2. The van der Waals surface area contributed by atoms with Crippen molar-refractivity contribution in [3.8, 4) is 0 Å². The minimum Gasteiger partial charge on any atom is -0.393 e. The number of hydrogen-bond donors (Lipinski definition) is 1. The minimum atomic E-state index is -0.238. The summed E-state index contributed by atoms with van der Waals surface area (Å²) in [6, 6.07) is 10.1. The molecule has 3 rings (SSSR count). The van der Waals surface area contributed by atoms with Gasteiger partial charge in [0.2, 0.25) is 0 Å². The van der Waals surface area contributed by atoms with Gasteiger partial charge in [-0.15, -0.1) is 0 Å². The van der Waals surface area contributed by atoms with Gasteiger partial charge in [0.25, 0.3) is 0 Å². The molecule has 17 heavy (non-hydrogen) atoms. The first-order valence-electron chi connectivity index (χ1n) is 5.97. The van der Waals surface area contributed by atoms with Gasteiger partial charge in [0.15, 0.2) is 0 Å². The zero-order valence-corrected chi connectivity index (χ0v) is 9.54. The fraction of sp³-hybridized carbons (Fsp3) is 0.357. The highest BCUT2D eigenvalue weighted by Gasteiger charge is 2.22. The molecule has 1 saturated heterocycles. The lowest BCUT2D eigenvalue weighted by atomic mass is 9.98. The van der Waals surface area contributed by atoms with E-state index in [-0.39, 0.29) is 12.2 Å². The van der Waals surface area contributed by atoms with Gasteiger partial charge >= 0.3 is 0 Å². The van der Waals surface area contributed by atoms with Crippen molar-refractivity contribution in [2.75, 3.05) is 6.61 Å². The van der Waals surface area contributed by atoms with Crippen LogP contribution in [0.3, 0.4) is 0 Å². The molecule has 1 aromatic heterocycles. The zero-order valence-electron chi connectivity index (χ0n) is 9.54. The SMILES string of the molecule is OC1CCOC(c2ccc3ncccc3c2)C1. The van der Waals surface area contributed by atoms with Crippen LogP contribution in [0, 0.1) is 0 Å². The molecule has 3 nitrogen and oxygen atoms in total. The second-order valence-corrected chi connectivity index (χ2v) is 4.49. The third-order valence-electron chi connectivity index (χ3n) is 3.26. The number of aliphatic hydroxyl groups excluding tert-OH is 1. The summed E-state index contributed by atoms with van der Waals surface area (Å²) in [6.07, 6.45) is 3.00. The standard InChI is InChI=1S/C14H15NO2/c16-12-5-7-17-14(9-12)11-3-4-13-10(8-11)2-1-6-15-13/h1-4,6,8,12,14,16H,5,7,9H2. The largest absolute Gasteiger partial charge is 0.393 e. The van der Waals surface area contributed by atoms with Gasteiger partial charge in [0.1, 0.15) is 0 Å². The summed E-state index contributed by atoms with van der Waals surface area (Å²) in [7, 11) is 0. The van der Waals surface area contributed by atoms with Gasteiger partial charge in [-0.3, -0.25) is 4.98 Å². The van der Waals surface area contributed by atoms with Gasteiger partial charge in [-0.25, -0.2) is 0 Å². The van der Waals surface area contributed by atoms with Crippen LogP contribution in [-0.2, 0) is 4.74 Å². The summed E-state index contributed by atoms with van der Waals surface area (Å²) >= 11 is 0. The number of aromatic nitrogens is 1. The van der Waals surface area contributed by atoms with Crippen molar-refractivity contribution in [2.45, 2.75) is 25.0 Å². The molecule has 0 aliphatic carbocycles. The van der Waals surface area contributed by atoms with Crippen LogP contribution in [0.4, 0.5) is 0 Å². The molecule has 2 aromatic rings. The van der Waals surface area contributed by atoms with Crippen LogP contribution >= 0.6 is 0 Å². The molecule has 0 bridgehead atoms. The van der Waals surface area contributed by atoms with Gasteiger partial charge in [0.05, 0.1) is 17.7 Å². The Balaban J connectivity index is 1.94. The summed E-state index contributed by atoms with van der Waals surface area (Å²) in [5.41, 5.74) is 2.12. The van der Waals surface area contributed by atoms with Crippen molar-refractivity contribution >= 4 is 10.9 Å². The molecule has 0 spiro atoms. The van der Waals surface area contributed by atoms with E-state index >= 15 is 0 Å². The van der Waals surface area contributed by atoms with Crippen molar-refractivity contribution in [1.82, 2.24) is 4.98 Å². The van der Waals surface area contributed by atoms with E-state index in [0.717, 1.165) is 22.9 Å². The summed E-state index contributed by atoms with van der Waals surface area (Å²) in [4.78, 5) is 4.29. The average Bonchev–Trinajstić information content (AvgIpc) is 2.38. The van der Waals surface area contributed by atoms with Crippen LogP contribution in [0.25, 0.3) is 10.9 Å². The third-order valence-corrected chi connectivity index (χ3v) is 3.26. The molecular weight excluding hydrogens is 214 g/mol. The van der Waals surface area contributed by atoms with E-state index in [1.807, 2.05) is 24.3 Å². The van der Waals surface area contributed by atoms with Crippen molar-refractivity contribution in [2.24, 2.45) is 0 Å². The molecule has 0 saturated carbocycles. The number of pyridine rings is 1. The predicted octanol–water partition coefficient (Wildman–Crippen LogP) is 2.45. The Hall–Kier alpha value is -1.45. The molecule has 3 heteroatoms. The van der Waals surface area contributed by atoms with Gasteiger partial charge < -0.3 is 9.84 Å². The molecule has 2 unspecified atom stereocenters. The summed E-state index contributed by atoms with van der Waals surface area (Å²) in [6.45, 7) is 0.636. The van der Waals surface area contributed by atoms with E-state index in [0.29, 0.717) is 13.0 Å². The van der Waals surface area contributed by atoms with Gasteiger partial charge in [-0.1, -0.05) is 12.1 Å². The van der Waals surface area contributed by atoms with Gasteiger partial charge in [-0.2, -0.15) is 0 Å². The number of nitrogens with zero attached hydrogens (tertiary/aromatic N) is 1. The Labute approximate surface area is 100 Å². The maximum atomic E-state index is 9.66. The highest BCUT2D eigenvalue weighted by atomic mass is 16.5. The number of ether oxygens (including phenoxy) is 1. The van der Waals surface area contributed by atoms with Crippen LogP contribution in [0.5, 0.6) is 0 Å². The predicted molar refractivity (Wildman–Crippen MR) is 65.7 cm³/mol. The molecule has 1 aliphatic rings. The van der Waals surface area contributed by atoms with Crippen molar-refractivity contribution in [3.63, 3.8) is 0 Å². The molecule has 1 aromatic carbocycles. The molecule has 2 heterocycles. The van der Waals surface area contributed by atoms with Crippen LogP contribution in [0.2, 0.25) is 0 Å². The highest BCUT2D eigenvalue weighted by Crippen LogP contribution is 2.29. The first-order chi connectivity index (χ1) is 8.33. The topological polar surface area (TPSA) is 42.4 Å². The van der Waals surface area contributed by atoms with Gasteiger partial charge in [-0.05, 0) is 30.2 Å². The van der Waals surface area contributed by atoms with E-state index in [9.17, 15) is 5.11 Å². The zero-order chi connectivity index (χ0) is 11.7. The van der Waals surface area contributed by atoms with Crippen molar-refractivity contribution in [3.05, 3.63) is 42.1 Å². The fourth-order valence-corrected chi connectivity index (χ4v) is 2.31. The van der Waals surface area contributed by atoms with E-state index in [4.69, 9.17) is 4.74 Å². The Morgan fingerprint density at radius 2 is 2.24 bits per heavy atom. The molecule has 1 fully saturated rings. The van der Waals surface area contributed by atoms with Crippen LogP contribution in [0.1, 0.15) is 24.5 Å². The number of hydrogen-bond acceptors (Lipinski definition) is 3. The normalized spacial score (nSPS) is 25.0. The average molecular weight is 229 g/mol. The quantitative estimate of drug-likeness (QED) is 0.816. The van der Waals surface area contributed by atoms with Crippen LogP contribution < -0.4 is 0 Å². The minimum absolute atomic E-state index is 0.0170. The molecule has 0 radical (unpaired) electrons. The molecule has 1 aliphatic heterocycles. The maximum Gasteiger partial charge on any atom is 0.0849 e. The lowest BCUT2D eigenvalue weighted by Gasteiger charge is -2.26. The number of aliphatic hydroxyl groups is 1. The van der Waals surface area contributed by atoms with Crippen LogP contribution in [0.15, 0.2) is 36.5 Å². The van der Waals surface area contributed by atoms with E-state index < -0.39 is 0 Å². The Morgan fingerprint density at radius 3 is 3.12 bits per heavy atom. The fourth-order valence-electron chi connectivity index (χ4n) is 2.31. The Morgan fingerprint density at radius 1 is 1.29 bits per heavy atom. The smallest absolute Gasteiger partial charge is 0.0849 e. The van der Waals surface area contributed by atoms with Crippen molar-refractivity contribution < 1.29 is 9.84 Å². The molecule has 88 valence electrons. The van der Waals surface area contributed by atoms with Gasteiger partial charge in [0, 0.05) is 24.6 Å². The van der Waals surface area contributed by atoms with E-state index in [1.165, 1.54) is 0 Å².